The molecule has 0 saturated carbocycles. The number of nitrogens with one attached hydrogen (secondary N) is 2. The van der Waals surface area contributed by atoms with E-state index in [1.54, 1.807) is 12.1 Å². The molecule has 2 aromatic rings. The van der Waals surface area contributed by atoms with Crippen LogP contribution < -0.4 is 10.6 Å². The second-order valence-corrected chi connectivity index (χ2v) is 7.24. The lowest BCUT2D eigenvalue weighted by Gasteiger charge is -2.17. The largest absolute Gasteiger partial charge is 0.345 e. The zero-order chi connectivity index (χ0) is 17.2. The van der Waals surface area contributed by atoms with Crippen LogP contribution >= 0.6 is 11.8 Å². The van der Waals surface area contributed by atoms with Crippen LogP contribution in [0, 0.1) is 0 Å². The average molecular weight is 357 g/mol. The van der Waals surface area contributed by atoms with Gasteiger partial charge in [-0.05, 0) is 31.0 Å². The zero-order valence-corrected chi connectivity index (χ0v) is 14.6. The highest BCUT2D eigenvalue weighted by Crippen LogP contribution is 2.31. The standard InChI is InChI=1S/C17H19N5O2S/c23-16-10-25-13-6-5-11(8-12(13)19-16)17(24)18-9-15-21-20-14-4-2-1-3-7-22(14)15/h5-6,8H,1-4,7,9-10H2,(H,18,24)(H,19,23). The number of aromatic nitrogens is 3. The van der Waals surface area contributed by atoms with Crippen molar-refractivity contribution >= 4 is 29.3 Å². The number of nitrogens with zero attached hydrogens (tertiary/aromatic N) is 3. The fraction of sp³-hybridized carbons (Fsp3) is 0.412. The monoisotopic (exact) mass is 357 g/mol. The van der Waals surface area contributed by atoms with Gasteiger partial charge in [0.25, 0.3) is 5.91 Å². The van der Waals surface area contributed by atoms with Crippen LogP contribution in [0.2, 0.25) is 0 Å². The molecule has 2 N–H and O–H groups in total. The average Bonchev–Trinajstić information content (AvgIpc) is 2.85. The van der Waals surface area contributed by atoms with Crippen LogP contribution in [0.1, 0.15) is 41.3 Å². The summed E-state index contributed by atoms with van der Waals surface area (Å²) in [5, 5.41) is 14.2. The Morgan fingerprint density at radius 1 is 1.28 bits per heavy atom. The van der Waals surface area contributed by atoms with Gasteiger partial charge >= 0.3 is 0 Å². The molecule has 1 aromatic heterocycles. The van der Waals surface area contributed by atoms with Gasteiger partial charge in [-0.15, -0.1) is 22.0 Å². The van der Waals surface area contributed by atoms with Crippen LogP contribution in [0.25, 0.3) is 0 Å². The molecule has 0 aliphatic carbocycles. The van der Waals surface area contributed by atoms with Gasteiger partial charge in [0.2, 0.25) is 5.91 Å². The second-order valence-electron chi connectivity index (χ2n) is 6.23. The normalized spacial score (nSPS) is 16.4. The van der Waals surface area contributed by atoms with E-state index >= 15 is 0 Å². The first-order valence-electron chi connectivity index (χ1n) is 8.46. The Kier molecular flexibility index (Phi) is 4.44. The summed E-state index contributed by atoms with van der Waals surface area (Å²) in [4.78, 5) is 24.9. The summed E-state index contributed by atoms with van der Waals surface area (Å²) in [7, 11) is 0. The van der Waals surface area contributed by atoms with E-state index in [9.17, 15) is 9.59 Å². The van der Waals surface area contributed by atoms with Gasteiger partial charge < -0.3 is 15.2 Å². The molecular formula is C17H19N5O2S. The number of carbonyl (C=O) groups is 2. The minimum Gasteiger partial charge on any atom is -0.345 e. The lowest BCUT2D eigenvalue weighted by molar-refractivity contribution is -0.113. The van der Waals surface area contributed by atoms with Crippen molar-refractivity contribution in [3.63, 3.8) is 0 Å². The van der Waals surface area contributed by atoms with Crippen molar-refractivity contribution in [1.29, 1.82) is 0 Å². The molecule has 0 atom stereocenters. The summed E-state index contributed by atoms with van der Waals surface area (Å²) in [6.07, 6.45) is 4.41. The number of benzene rings is 1. The summed E-state index contributed by atoms with van der Waals surface area (Å²) in [6.45, 7) is 1.26. The van der Waals surface area contributed by atoms with Gasteiger partial charge in [0.1, 0.15) is 5.82 Å². The molecule has 1 aromatic carbocycles. The van der Waals surface area contributed by atoms with Gasteiger partial charge in [0.15, 0.2) is 5.82 Å². The van der Waals surface area contributed by atoms with Crippen molar-refractivity contribution in [1.82, 2.24) is 20.1 Å². The third-order valence-electron chi connectivity index (χ3n) is 4.47. The molecule has 0 unspecified atom stereocenters. The number of hydrogen-bond acceptors (Lipinski definition) is 5. The molecule has 2 aliphatic heterocycles. The van der Waals surface area contributed by atoms with Gasteiger partial charge in [-0.2, -0.15) is 0 Å². The van der Waals surface area contributed by atoms with Crippen molar-refractivity contribution in [3.05, 3.63) is 35.4 Å². The van der Waals surface area contributed by atoms with Gasteiger partial charge in [-0.3, -0.25) is 9.59 Å². The highest BCUT2D eigenvalue weighted by molar-refractivity contribution is 8.00. The molecule has 0 radical (unpaired) electrons. The van der Waals surface area contributed by atoms with E-state index in [1.165, 1.54) is 18.2 Å². The molecule has 2 amide bonds. The minimum absolute atomic E-state index is 0.0405. The Labute approximate surface area is 149 Å². The first-order valence-corrected chi connectivity index (χ1v) is 9.45. The molecule has 25 heavy (non-hydrogen) atoms. The number of hydrogen-bond donors (Lipinski definition) is 2. The molecule has 2 aliphatic rings. The zero-order valence-electron chi connectivity index (χ0n) is 13.7. The number of fused-ring (bicyclic) bond motifs is 2. The van der Waals surface area contributed by atoms with Gasteiger partial charge in [0.05, 0.1) is 18.0 Å². The van der Waals surface area contributed by atoms with Crippen LogP contribution in [0.3, 0.4) is 0 Å². The summed E-state index contributed by atoms with van der Waals surface area (Å²) in [5.74, 6) is 2.00. The molecule has 7 nitrogen and oxygen atoms in total. The number of amides is 2. The maximum Gasteiger partial charge on any atom is 0.251 e. The number of aryl methyl sites for hydroxylation is 1. The molecule has 0 bridgehead atoms. The first kappa shape index (κ1) is 16.1. The number of carbonyl (C=O) groups excluding carboxylic acids is 2. The molecule has 0 saturated heterocycles. The maximum absolute atomic E-state index is 12.5. The third kappa shape index (κ3) is 3.39. The van der Waals surface area contributed by atoms with Crippen molar-refractivity contribution in [2.24, 2.45) is 0 Å². The lowest BCUT2D eigenvalue weighted by Crippen LogP contribution is -2.25. The SMILES string of the molecule is O=C1CSc2ccc(C(=O)NCc3nnc4n3CCCCC4)cc2N1. The highest BCUT2D eigenvalue weighted by Gasteiger charge is 2.18. The van der Waals surface area contributed by atoms with Crippen LogP contribution in [-0.2, 0) is 24.3 Å². The topological polar surface area (TPSA) is 88.9 Å². The van der Waals surface area contributed by atoms with Crippen molar-refractivity contribution in [2.45, 2.75) is 43.7 Å². The van der Waals surface area contributed by atoms with Crippen LogP contribution in [0.5, 0.6) is 0 Å². The first-order chi connectivity index (χ1) is 12.2. The lowest BCUT2D eigenvalue weighted by atomic mass is 10.2. The van der Waals surface area contributed by atoms with E-state index in [4.69, 9.17) is 0 Å². The molecule has 0 fully saturated rings. The summed E-state index contributed by atoms with van der Waals surface area (Å²) in [5.41, 5.74) is 1.22. The molecule has 8 heteroatoms. The second kappa shape index (κ2) is 6.87. The summed E-state index contributed by atoms with van der Waals surface area (Å²) >= 11 is 1.48. The number of anilines is 1. The quantitative estimate of drug-likeness (QED) is 0.877. The van der Waals surface area contributed by atoms with Crippen molar-refractivity contribution in [2.75, 3.05) is 11.1 Å². The third-order valence-corrected chi connectivity index (χ3v) is 5.54. The van der Waals surface area contributed by atoms with Crippen LogP contribution in [0.15, 0.2) is 23.1 Å². The minimum atomic E-state index is -0.182. The molecule has 130 valence electrons. The van der Waals surface area contributed by atoms with Gasteiger partial charge in [-0.1, -0.05) is 6.42 Å². The smallest absolute Gasteiger partial charge is 0.251 e. The van der Waals surface area contributed by atoms with Gasteiger partial charge in [0, 0.05) is 23.4 Å². The summed E-state index contributed by atoms with van der Waals surface area (Å²) < 4.78 is 2.12. The van der Waals surface area contributed by atoms with E-state index in [0.717, 1.165) is 42.4 Å². The molecule has 0 spiro atoms. The Hall–Kier alpha value is -2.35. The van der Waals surface area contributed by atoms with E-state index in [-0.39, 0.29) is 11.8 Å². The molecule has 3 heterocycles. The molecular weight excluding hydrogens is 338 g/mol. The predicted molar refractivity (Wildman–Crippen MR) is 94.5 cm³/mol. The summed E-state index contributed by atoms with van der Waals surface area (Å²) in [6, 6.07) is 5.37. The van der Waals surface area contributed by atoms with Gasteiger partial charge in [-0.25, -0.2) is 0 Å². The maximum atomic E-state index is 12.5. The van der Waals surface area contributed by atoms with Crippen molar-refractivity contribution < 1.29 is 9.59 Å². The number of rotatable bonds is 3. The van der Waals surface area contributed by atoms with E-state index < -0.39 is 0 Å². The van der Waals surface area contributed by atoms with Crippen molar-refractivity contribution in [3.8, 4) is 0 Å². The predicted octanol–water partition coefficient (Wildman–Crippen LogP) is 1.98. The number of thioether (sulfide) groups is 1. The van der Waals surface area contributed by atoms with E-state index in [2.05, 4.69) is 25.4 Å². The van der Waals surface area contributed by atoms with E-state index in [1.807, 2.05) is 6.07 Å². The highest BCUT2D eigenvalue weighted by atomic mass is 32.2. The Balaban J connectivity index is 1.45. The fourth-order valence-corrected chi connectivity index (χ4v) is 3.95. The van der Waals surface area contributed by atoms with Crippen LogP contribution in [-0.4, -0.2) is 32.3 Å². The molecule has 4 rings (SSSR count). The Morgan fingerprint density at radius 3 is 3.12 bits per heavy atom. The van der Waals surface area contributed by atoms with E-state index in [0.29, 0.717) is 23.5 Å². The Bertz CT molecular complexity index is 832. The Morgan fingerprint density at radius 2 is 2.20 bits per heavy atom. The van der Waals surface area contributed by atoms with Crippen LogP contribution in [0.4, 0.5) is 5.69 Å². The fourth-order valence-electron chi connectivity index (χ4n) is 3.16.